The normalized spacial score (nSPS) is 21.9. The predicted molar refractivity (Wildman–Crippen MR) is 68.2 cm³/mol. The van der Waals surface area contributed by atoms with Gasteiger partial charge in [0.05, 0.1) is 6.10 Å². The maximum Gasteiger partial charge on any atom is 0.105 e. The molecule has 2 heterocycles. The lowest BCUT2D eigenvalue weighted by Gasteiger charge is -2.17. The van der Waals surface area contributed by atoms with Gasteiger partial charge in [-0.2, -0.15) is 0 Å². The van der Waals surface area contributed by atoms with Gasteiger partial charge in [-0.3, -0.25) is 0 Å². The molecule has 17 heavy (non-hydrogen) atoms. The van der Waals surface area contributed by atoms with E-state index in [0.717, 1.165) is 31.0 Å². The van der Waals surface area contributed by atoms with E-state index in [2.05, 4.69) is 11.4 Å². The van der Waals surface area contributed by atoms with Crippen LogP contribution in [-0.2, 0) is 4.74 Å². The van der Waals surface area contributed by atoms with E-state index in [0.29, 0.717) is 12.1 Å². The highest BCUT2D eigenvalue weighted by molar-refractivity contribution is 5.23. The number of nitrogens with one attached hydrogen (secondary N) is 1. The molecule has 0 radical (unpaired) electrons. The zero-order valence-electron chi connectivity index (χ0n) is 11.1. The summed E-state index contributed by atoms with van der Waals surface area (Å²) in [6.07, 6.45) is 5.16. The summed E-state index contributed by atoms with van der Waals surface area (Å²) in [5, 5.41) is 3.38. The molecule has 2 rings (SSSR count). The molecule has 0 spiro atoms. The Balaban J connectivity index is 1.93. The van der Waals surface area contributed by atoms with Gasteiger partial charge in [-0.1, -0.05) is 0 Å². The van der Waals surface area contributed by atoms with Gasteiger partial charge in [-0.05, 0) is 52.6 Å². The molecule has 0 aliphatic carbocycles. The van der Waals surface area contributed by atoms with Gasteiger partial charge in [-0.25, -0.2) is 0 Å². The molecule has 96 valence electrons. The maximum atomic E-state index is 5.67. The molecule has 1 aliphatic heterocycles. The van der Waals surface area contributed by atoms with Crippen molar-refractivity contribution < 1.29 is 9.15 Å². The summed E-state index contributed by atoms with van der Waals surface area (Å²) in [6.45, 7) is 4.99. The summed E-state index contributed by atoms with van der Waals surface area (Å²) in [7, 11) is 2.02. The van der Waals surface area contributed by atoms with E-state index < -0.39 is 0 Å². The Bertz CT molecular complexity index is 353. The van der Waals surface area contributed by atoms with Crippen LogP contribution in [0.1, 0.15) is 48.8 Å². The lowest BCUT2D eigenvalue weighted by Crippen LogP contribution is -2.19. The molecule has 0 saturated carbocycles. The van der Waals surface area contributed by atoms with E-state index in [9.17, 15) is 0 Å². The molecule has 1 aliphatic rings. The van der Waals surface area contributed by atoms with Gasteiger partial charge in [0.15, 0.2) is 0 Å². The zero-order chi connectivity index (χ0) is 12.3. The van der Waals surface area contributed by atoms with Gasteiger partial charge >= 0.3 is 0 Å². The van der Waals surface area contributed by atoms with Gasteiger partial charge in [0.2, 0.25) is 0 Å². The highest BCUT2D eigenvalue weighted by Crippen LogP contribution is 2.27. The average Bonchev–Trinajstić information content (AvgIpc) is 2.90. The van der Waals surface area contributed by atoms with Crippen LogP contribution in [0.2, 0.25) is 0 Å². The largest absolute Gasteiger partial charge is 0.466 e. The van der Waals surface area contributed by atoms with Crippen molar-refractivity contribution in [2.24, 2.45) is 0 Å². The van der Waals surface area contributed by atoms with Crippen molar-refractivity contribution in [3.63, 3.8) is 0 Å². The third-order valence-electron chi connectivity index (χ3n) is 3.60. The number of hydrogen-bond donors (Lipinski definition) is 1. The maximum absolute atomic E-state index is 5.67. The highest BCUT2D eigenvalue weighted by atomic mass is 16.5. The van der Waals surface area contributed by atoms with Crippen molar-refractivity contribution in [3.8, 4) is 0 Å². The van der Waals surface area contributed by atoms with Crippen LogP contribution in [-0.4, -0.2) is 19.8 Å². The first-order chi connectivity index (χ1) is 8.20. The summed E-state index contributed by atoms with van der Waals surface area (Å²) in [6, 6.07) is 2.53. The Labute approximate surface area is 104 Å². The van der Waals surface area contributed by atoms with Crippen molar-refractivity contribution in [1.82, 2.24) is 5.32 Å². The van der Waals surface area contributed by atoms with Crippen molar-refractivity contribution in [2.45, 2.75) is 51.7 Å². The van der Waals surface area contributed by atoms with Crippen LogP contribution in [0.15, 0.2) is 10.5 Å². The first-order valence-electron chi connectivity index (χ1n) is 6.56. The van der Waals surface area contributed by atoms with Crippen LogP contribution >= 0.6 is 0 Å². The summed E-state index contributed by atoms with van der Waals surface area (Å²) < 4.78 is 11.3. The second-order valence-electron chi connectivity index (χ2n) is 4.92. The molecule has 1 aromatic rings. The van der Waals surface area contributed by atoms with Gasteiger partial charge in [0.1, 0.15) is 11.5 Å². The monoisotopic (exact) mass is 237 g/mol. The lowest BCUT2D eigenvalue weighted by atomic mass is 9.99. The first-order valence-corrected chi connectivity index (χ1v) is 6.56. The van der Waals surface area contributed by atoms with Gasteiger partial charge < -0.3 is 14.5 Å². The topological polar surface area (TPSA) is 34.4 Å². The Hall–Kier alpha value is -0.800. The van der Waals surface area contributed by atoms with Crippen LogP contribution < -0.4 is 5.32 Å². The third kappa shape index (κ3) is 3.11. The number of ether oxygens (including phenoxy) is 1. The van der Waals surface area contributed by atoms with Gasteiger partial charge in [0.25, 0.3) is 0 Å². The van der Waals surface area contributed by atoms with Gasteiger partial charge in [-0.15, -0.1) is 0 Å². The molecule has 0 amide bonds. The fourth-order valence-electron chi connectivity index (χ4n) is 2.68. The van der Waals surface area contributed by atoms with E-state index in [1.807, 2.05) is 20.9 Å². The summed E-state index contributed by atoms with van der Waals surface area (Å²) in [5.74, 6) is 2.03. The van der Waals surface area contributed by atoms with Crippen LogP contribution in [0, 0.1) is 13.8 Å². The van der Waals surface area contributed by atoms with Crippen LogP contribution in [0.4, 0.5) is 0 Å². The van der Waals surface area contributed by atoms with Crippen LogP contribution in [0.5, 0.6) is 0 Å². The van der Waals surface area contributed by atoms with Crippen LogP contribution in [0.25, 0.3) is 0 Å². The minimum atomic E-state index is 0.386. The Morgan fingerprint density at radius 2 is 2.29 bits per heavy atom. The molecular formula is C14H23NO2. The second-order valence-corrected chi connectivity index (χ2v) is 4.92. The molecular weight excluding hydrogens is 214 g/mol. The zero-order valence-corrected chi connectivity index (χ0v) is 11.1. The van der Waals surface area contributed by atoms with E-state index in [4.69, 9.17) is 9.15 Å². The molecule has 3 heteroatoms. The fourth-order valence-corrected chi connectivity index (χ4v) is 2.68. The molecule has 2 atom stereocenters. The molecule has 2 unspecified atom stereocenters. The van der Waals surface area contributed by atoms with Crippen molar-refractivity contribution in [3.05, 3.63) is 23.2 Å². The summed E-state index contributed by atoms with van der Waals surface area (Å²) in [4.78, 5) is 0. The van der Waals surface area contributed by atoms with Crippen molar-refractivity contribution in [1.29, 1.82) is 0 Å². The van der Waals surface area contributed by atoms with E-state index in [-0.39, 0.29) is 0 Å². The summed E-state index contributed by atoms with van der Waals surface area (Å²) >= 11 is 0. The third-order valence-corrected chi connectivity index (χ3v) is 3.60. The molecule has 1 N–H and O–H groups in total. The minimum absolute atomic E-state index is 0.386. The number of aryl methyl sites for hydroxylation is 2. The smallest absolute Gasteiger partial charge is 0.105 e. The van der Waals surface area contributed by atoms with Gasteiger partial charge in [0, 0.05) is 18.2 Å². The number of hydrogen-bond acceptors (Lipinski definition) is 3. The molecule has 1 aromatic heterocycles. The van der Waals surface area contributed by atoms with E-state index >= 15 is 0 Å². The quantitative estimate of drug-likeness (QED) is 0.854. The highest BCUT2D eigenvalue weighted by Gasteiger charge is 2.20. The lowest BCUT2D eigenvalue weighted by molar-refractivity contribution is 0.0998. The summed E-state index contributed by atoms with van der Waals surface area (Å²) in [5.41, 5.74) is 1.29. The van der Waals surface area contributed by atoms with Crippen molar-refractivity contribution >= 4 is 0 Å². The van der Waals surface area contributed by atoms with E-state index in [1.54, 1.807) is 0 Å². The molecule has 3 nitrogen and oxygen atoms in total. The molecule has 0 aromatic carbocycles. The van der Waals surface area contributed by atoms with Crippen LogP contribution in [0.3, 0.4) is 0 Å². The molecule has 1 fully saturated rings. The Morgan fingerprint density at radius 1 is 1.47 bits per heavy atom. The molecule has 0 bridgehead atoms. The average molecular weight is 237 g/mol. The molecule has 1 saturated heterocycles. The number of rotatable bonds is 5. The second kappa shape index (κ2) is 5.69. The Kier molecular flexibility index (Phi) is 4.24. The predicted octanol–water partition coefficient (Wildman–Crippen LogP) is 3.12. The fraction of sp³-hybridized carbons (Fsp3) is 0.714. The Morgan fingerprint density at radius 3 is 2.82 bits per heavy atom. The standard InChI is InChI=1S/C14H23NO2/c1-10-9-13(11(2)17-10)14(15-3)7-6-12-5-4-8-16-12/h9,12,14-15H,4-8H2,1-3H3. The SMILES string of the molecule is CNC(CCC1CCCO1)c1cc(C)oc1C. The first kappa shape index (κ1) is 12.7. The van der Waals surface area contributed by atoms with Crippen molar-refractivity contribution in [2.75, 3.05) is 13.7 Å². The van der Waals surface area contributed by atoms with E-state index in [1.165, 1.54) is 18.4 Å². The minimum Gasteiger partial charge on any atom is -0.466 e. The number of furan rings is 1.